The van der Waals surface area contributed by atoms with Crippen molar-refractivity contribution in [1.29, 1.82) is 0 Å². The molecule has 1 aliphatic carbocycles. The van der Waals surface area contributed by atoms with E-state index in [1.54, 1.807) is 48.5 Å². The number of halogens is 1. The number of benzene rings is 2. The molecule has 2 aromatic carbocycles. The molecule has 11 heteroatoms. The minimum Gasteiger partial charge on any atom is -0.411 e. The molecule has 0 bridgehead atoms. The molecule has 0 unspecified atom stereocenters. The van der Waals surface area contributed by atoms with Gasteiger partial charge < -0.3 is 9.73 Å². The first-order chi connectivity index (χ1) is 15.9. The van der Waals surface area contributed by atoms with Crippen LogP contribution in [0.15, 0.2) is 58.2 Å². The minimum absolute atomic E-state index is 0.103. The van der Waals surface area contributed by atoms with Crippen LogP contribution in [-0.4, -0.2) is 35.5 Å². The van der Waals surface area contributed by atoms with E-state index in [0.29, 0.717) is 34.8 Å². The zero-order chi connectivity index (χ0) is 23.3. The topological polar surface area (TPSA) is 114 Å². The Labute approximate surface area is 201 Å². The summed E-state index contributed by atoms with van der Waals surface area (Å²) < 4.78 is 33.5. The highest BCUT2D eigenvalue weighted by Crippen LogP contribution is 2.27. The summed E-state index contributed by atoms with van der Waals surface area (Å²) in [5.41, 5.74) is 1.80. The monoisotopic (exact) mass is 506 g/mol. The summed E-state index contributed by atoms with van der Waals surface area (Å²) in [6, 6.07) is 13.6. The molecule has 174 valence electrons. The number of amides is 1. The van der Waals surface area contributed by atoms with E-state index < -0.39 is 10.0 Å². The Morgan fingerprint density at radius 1 is 1.00 bits per heavy atom. The van der Waals surface area contributed by atoms with Crippen LogP contribution in [0.4, 0.5) is 11.4 Å². The molecule has 3 aromatic rings. The lowest BCUT2D eigenvalue weighted by Crippen LogP contribution is -2.29. The smallest absolute Gasteiger partial charge is 0.277 e. The van der Waals surface area contributed by atoms with Crippen LogP contribution in [0.25, 0.3) is 11.5 Å². The van der Waals surface area contributed by atoms with E-state index in [1.807, 2.05) is 0 Å². The van der Waals surface area contributed by atoms with Crippen LogP contribution in [0.2, 0.25) is 5.02 Å². The normalized spacial score (nSPS) is 14.7. The lowest BCUT2D eigenvalue weighted by Gasteiger charge is -2.22. The molecular weight excluding hydrogens is 484 g/mol. The molecule has 0 atom stereocenters. The lowest BCUT2D eigenvalue weighted by atomic mass is 10.0. The van der Waals surface area contributed by atoms with Crippen LogP contribution in [0.5, 0.6) is 0 Å². The second-order valence-corrected chi connectivity index (χ2v) is 11.0. The molecule has 1 fully saturated rings. The van der Waals surface area contributed by atoms with E-state index in [0.717, 1.165) is 31.0 Å². The van der Waals surface area contributed by atoms with Crippen LogP contribution in [0.3, 0.4) is 0 Å². The highest BCUT2D eigenvalue weighted by molar-refractivity contribution is 7.99. The summed E-state index contributed by atoms with van der Waals surface area (Å²) in [5.74, 6) is 0.181. The number of sulfonamides is 1. The Morgan fingerprint density at radius 3 is 2.36 bits per heavy atom. The number of hydrogen-bond donors (Lipinski definition) is 2. The van der Waals surface area contributed by atoms with Crippen molar-refractivity contribution >= 4 is 50.7 Å². The number of aromatic nitrogens is 2. The highest BCUT2D eigenvalue weighted by atomic mass is 35.5. The van der Waals surface area contributed by atoms with Crippen molar-refractivity contribution in [2.24, 2.45) is 0 Å². The maximum absolute atomic E-state index is 12.6. The average Bonchev–Trinajstić information content (AvgIpc) is 3.29. The number of rotatable bonds is 8. The molecular formula is C22H23ClN4O4S2. The van der Waals surface area contributed by atoms with Crippen molar-refractivity contribution in [2.75, 3.05) is 15.8 Å². The Bertz CT molecular complexity index is 1190. The molecule has 1 saturated carbocycles. The van der Waals surface area contributed by atoms with Crippen molar-refractivity contribution in [1.82, 2.24) is 10.2 Å². The Kier molecular flexibility index (Phi) is 7.56. The zero-order valence-corrected chi connectivity index (χ0v) is 20.0. The Hall–Kier alpha value is -2.56. The van der Waals surface area contributed by atoms with Crippen LogP contribution in [0, 0.1) is 0 Å². The lowest BCUT2D eigenvalue weighted by molar-refractivity contribution is -0.113. The van der Waals surface area contributed by atoms with Crippen LogP contribution >= 0.6 is 23.4 Å². The molecule has 0 saturated heterocycles. The molecule has 0 aliphatic heterocycles. The van der Waals surface area contributed by atoms with E-state index >= 15 is 0 Å². The first kappa shape index (κ1) is 23.6. The third-order valence-electron chi connectivity index (χ3n) is 5.24. The van der Waals surface area contributed by atoms with Gasteiger partial charge in [0, 0.05) is 22.0 Å². The van der Waals surface area contributed by atoms with Crippen LogP contribution in [0.1, 0.15) is 32.1 Å². The second-order valence-electron chi connectivity index (χ2n) is 7.70. The molecule has 4 rings (SSSR count). The Balaban J connectivity index is 1.31. The molecule has 8 nitrogen and oxygen atoms in total. The van der Waals surface area contributed by atoms with Gasteiger partial charge in [-0.25, -0.2) is 8.42 Å². The number of thioether (sulfide) groups is 1. The van der Waals surface area contributed by atoms with Gasteiger partial charge in [-0.05, 0) is 61.4 Å². The average molecular weight is 507 g/mol. The van der Waals surface area contributed by atoms with Gasteiger partial charge in [-0.15, -0.1) is 10.2 Å². The largest absolute Gasteiger partial charge is 0.411 e. The maximum Gasteiger partial charge on any atom is 0.277 e. The molecule has 2 N–H and O–H groups in total. The predicted octanol–water partition coefficient (Wildman–Crippen LogP) is 5.20. The molecule has 1 heterocycles. The van der Waals surface area contributed by atoms with E-state index in [4.69, 9.17) is 16.0 Å². The van der Waals surface area contributed by atoms with Gasteiger partial charge in [0.05, 0.1) is 11.0 Å². The van der Waals surface area contributed by atoms with Gasteiger partial charge in [-0.2, -0.15) is 0 Å². The molecule has 1 amide bonds. The standard InChI is InChI=1S/C22H23ClN4O4S2/c23-16-8-12-17(13-9-16)24-20(28)14-32-22-26-25-21(31-22)15-6-10-18(11-7-15)27-33(29,30)19-4-2-1-3-5-19/h6-13,19,27H,1-5,14H2,(H,24,28). The minimum atomic E-state index is -3.40. The fourth-order valence-corrected chi connectivity index (χ4v) is 5.82. The van der Waals surface area contributed by atoms with E-state index in [9.17, 15) is 13.2 Å². The van der Waals surface area contributed by atoms with Crippen molar-refractivity contribution in [3.05, 3.63) is 53.6 Å². The summed E-state index contributed by atoms with van der Waals surface area (Å²) in [7, 11) is -3.40. The van der Waals surface area contributed by atoms with E-state index in [1.165, 1.54) is 0 Å². The van der Waals surface area contributed by atoms with Crippen molar-refractivity contribution < 1.29 is 17.6 Å². The summed E-state index contributed by atoms with van der Waals surface area (Å²) >= 11 is 6.96. The van der Waals surface area contributed by atoms with Crippen molar-refractivity contribution in [2.45, 2.75) is 42.6 Å². The third kappa shape index (κ3) is 6.49. The third-order valence-corrected chi connectivity index (χ3v) is 8.18. The number of anilines is 2. The van der Waals surface area contributed by atoms with Gasteiger partial charge >= 0.3 is 0 Å². The number of carbonyl (C=O) groups is 1. The van der Waals surface area contributed by atoms with E-state index in [2.05, 4.69) is 20.2 Å². The first-order valence-corrected chi connectivity index (χ1v) is 13.4. The molecule has 1 aliphatic rings. The second kappa shape index (κ2) is 10.6. The fraction of sp³-hybridized carbons (Fsp3) is 0.318. The summed E-state index contributed by atoms with van der Waals surface area (Å²) in [5, 5.41) is 11.3. The van der Waals surface area contributed by atoms with Crippen LogP contribution < -0.4 is 10.0 Å². The number of hydrogen-bond acceptors (Lipinski definition) is 7. The molecule has 1 aromatic heterocycles. The molecule has 0 spiro atoms. The Morgan fingerprint density at radius 2 is 1.67 bits per heavy atom. The van der Waals surface area contributed by atoms with Gasteiger partial charge in [0.2, 0.25) is 21.8 Å². The summed E-state index contributed by atoms with van der Waals surface area (Å²) in [6.45, 7) is 0. The SMILES string of the molecule is O=C(CSc1nnc(-c2ccc(NS(=O)(=O)C3CCCCC3)cc2)o1)Nc1ccc(Cl)cc1. The summed E-state index contributed by atoms with van der Waals surface area (Å²) in [6.07, 6.45) is 4.40. The van der Waals surface area contributed by atoms with E-state index in [-0.39, 0.29) is 28.0 Å². The fourth-order valence-electron chi connectivity index (χ4n) is 3.55. The first-order valence-electron chi connectivity index (χ1n) is 10.5. The zero-order valence-electron chi connectivity index (χ0n) is 17.7. The van der Waals surface area contributed by atoms with Crippen LogP contribution in [-0.2, 0) is 14.8 Å². The number of nitrogens with zero attached hydrogens (tertiary/aromatic N) is 2. The number of nitrogens with one attached hydrogen (secondary N) is 2. The molecule has 33 heavy (non-hydrogen) atoms. The van der Waals surface area contributed by atoms with Gasteiger partial charge in [-0.3, -0.25) is 9.52 Å². The maximum atomic E-state index is 12.6. The summed E-state index contributed by atoms with van der Waals surface area (Å²) in [4.78, 5) is 12.1. The quantitative estimate of drug-likeness (QED) is 0.404. The number of carbonyl (C=O) groups excluding carboxylic acids is 1. The van der Waals surface area contributed by atoms with Crippen molar-refractivity contribution in [3.63, 3.8) is 0 Å². The van der Waals surface area contributed by atoms with Gasteiger partial charge in [0.25, 0.3) is 5.22 Å². The van der Waals surface area contributed by atoms with Crippen molar-refractivity contribution in [3.8, 4) is 11.5 Å². The van der Waals surface area contributed by atoms with Gasteiger partial charge in [-0.1, -0.05) is 42.6 Å². The van der Waals surface area contributed by atoms with Gasteiger partial charge in [0.1, 0.15) is 0 Å². The predicted molar refractivity (Wildman–Crippen MR) is 130 cm³/mol. The highest BCUT2D eigenvalue weighted by Gasteiger charge is 2.27. The van der Waals surface area contributed by atoms with Gasteiger partial charge in [0.15, 0.2) is 0 Å². The molecule has 0 radical (unpaired) electrons.